The summed E-state index contributed by atoms with van der Waals surface area (Å²) in [6.45, 7) is 7.13. The fourth-order valence-electron chi connectivity index (χ4n) is 4.80. The van der Waals surface area contributed by atoms with Gasteiger partial charge in [-0.1, -0.05) is 32.0 Å². The Labute approximate surface area is 256 Å². The molecule has 232 valence electrons. The molecule has 0 radical (unpaired) electrons. The van der Waals surface area contributed by atoms with Crippen molar-refractivity contribution in [1.29, 1.82) is 0 Å². The lowest BCUT2D eigenvalue weighted by Crippen LogP contribution is -2.32. The monoisotopic (exact) mass is 654 g/mol. The van der Waals surface area contributed by atoms with Crippen LogP contribution in [0.1, 0.15) is 44.4 Å². The van der Waals surface area contributed by atoms with Crippen molar-refractivity contribution in [3.63, 3.8) is 0 Å². The Balaban J connectivity index is 0.000000472. The highest BCUT2D eigenvalue weighted by Gasteiger charge is 2.38. The van der Waals surface area contributed by atoms with Crippen LogP contribution in [0.2, 0.25) is 0 Å². The molecule has 8 nitrogen and oxygen atoms in total. The zero-order chi connectivity index (χ0) is 30.9. The number of thiophene rings is 1. The van der Waals surface area contributed by atoms with Crippen LogP contribution in [0.15, 0.2) is 52.2 Å². The lowest BCUT2D eigenvalue weighted by atomic mass is 10.2. The van der Waals surface area contributed by atoms with Gasteiger partial charge in [0.25, 0.3) is 10.0 Å². The van der Waals surface area contributed by atoms with Crippen molar-refractivity contribution >= 4 is 55.3 Å². The number of hydrogen-bond acceptors (Lipinski definition) is 7. The molecule has 1 aromatic carbocycles. The molecule has 4 aromatic rings. The van der Waals surface area contributed by atoms with Crippen molar-refractivity contribution in [3.05, 3.63) is 52.9 Å². The molecule has 2 N–H and O–H groups in total. The van der Waals surface area contributed by atoms with Crippen LogP contribution in [-0.2, 0) is 21.4 Å². The standard InChI is InChI=1S/C27H32N4O2S3.C2HF3O2/c1-18(2)15-30(21-10-11-21)17-22-14-28-27(35-22)23-13-20-5-3-6-24(26(20)29-23)31(16-19-8-9-19)36(32,33)25-7-4-12-34-25;3-2(4,5)1(6)7/h3-7,12-14,18-19,21,29H,8-11,15-17H2,1-2H3;(H,6,7). The molecular formula is C29H33F3N4O4S3. The Morgan fingerprint density at radius 3 is 2.47 bits per heavy atom. The summed E-state index contributed by atoms with van der Waals surface area (Å²) in [7, 11) is -3.62. The molecule has 0 unspecified atom stereocenters. The molecule has 2 aliphatic carbocycles. The number of halogens is 3. The summed E-state index contributed by atoms with van der Waals surface area (Å²) >= 11 is 3.00. The predicted octanol–water partition coefficient (Wildman–Crippen LogP) is 7.21. The number of nitrogens with one attached hydrogen (secondary N) is 1. The number of aromatic amines is 1. The van der Waals surface area contributed by atoms with Crippen LogP contribution in [0.5, 0.6) is 0 Å². The number of carboxylic acid groups (broad SMARTS) is 1. The fourth-order valence-corrected chi connectivity index (χ4v) is 8.37. The highest BCUT2D eigenvalue weighted by molar-refractivity contribution is 7.94. The van der Waals surface area contributed by atoms with Gasteiger partial charge in [-0.3, -0.25) is 9.21 Å². The van der Waals surface area contributed by atoms with E-state index in [0.717, 1.165) is 53.6 Å². The molecule has 0 amide bonds. The van der Waals surface area contributed by atoms with Gasteiger partial charge < -0.3 is 10.1 Å². The first-order chi connectivity index (χ1) is 20.3. The zero-order valence-electron chi connectivity index (χ0n) is 23.7. The third-order valence-corrected chi connectivity index (χ3v) is 11.3. The van der Waals surface area contributed by atoms with Crippen molar-refractivity contribution in [2.75, 3.05) is 17.4 Å². The Kier molecular flexibility index (Phi) is 9.21. The topological polar surface area (TPSA) is 107 Å². The van der Waals surface area contributed by atoms with E-state index in [9.17, 15) is 21.6 Å². The molecule has 2 fully saturated rings. The maximum Gasteiger partial charge on any atom is 0.490 e. The third kappa shape index (κ3) is 7.78. The summed E-state index contributed by atoms with van der Waals surface area (Å²) in [5.74, 6) is -1.69. The highest BCUT2D eigenvalue weighted by atomic mass is 32.2. The molecule has 2 saturated carbocycles. The zero-order valence-corrected chi connectivity index (χ0v) is 26.1. The second-order valence-corrected chi connectivity index (χ2v) is 15.5. The number of hydrogen-bond donors (Lipinski definition) is 2. The number of carbonyl (C=O) groups is 1. The average Bonchev–Trinajstić information content (AvgIpc) is 3.77. The number of H-pyrrole nitrogens is 1. The van der Waals surface area contributed by atoms with Crippen LogP contribution in [0.4, 0.5) is 18.9 Å². The van der Waals surface area contributed by atoms with E-state index in [0.29, 0.717) is 28.3 Å². The molecule has 6 rings (SSSR count). The summed E-state index contributed by atoms with van der Waals surface area (Å²) in [4.78, 5) is 21.0. The number of para-hydroxylation sites is 1. The van der Waals surface area contributed by atoms with Gasteiger partial charge in [0.05, 0.1) is 16.9 Å². The van der Waals surface area contributed by atoms with E-state index >= 15 is 0 Å². The number of thiazole rings is 1. The fraction of sp³-hybridized carbons (Fsp3) is 0.448. The predicted molar refractivity (Wildman–Crippen MR) is 163 cm³/mol. The number of carboxylic acids is 1. The molecule has 0 spiro atoms. The molecule has 14 heteroatoms. The first-order valence-corrected chi connectivity index (χ1v) is 17.1. The van der Waals surface area contributed by atoms with Gasteiger partial charge in [-0.25, -0.2) is 18.2 Å². The number of sulfonamides is 1. The first-order valence-electron chi connectivity index (χ1n) is 14.0. The molecule has 0 atom stereocenters. The van der Waals surface area contributed by atoms with Gasteiger partial charge in [0.2, 0.25) is 0 Å². The van der Waals surface area contributed by atoms with E-state index in [-0.39, 0.29) is 0 Å². The van der Waals surface area contributed by atoms with Crippen LogP contribution in [0, 0.1) is 11.8 Å². The summed E-state index contributed by atoms with van der Waals surface area (Å²) in [6.07, 6.45) is 1.69. The molecular weight excluding hydrogens is 622 g/mol. The Bertz CT molecular complexity index is 1660. The molecule has 43 heavy (non-hydrogen) atoms. The normalized spacial score (nSPS) is 15.6. The van der Waals surface area contributed by atoms with Gasteiger partial charge in [-0.2, -0.15) is 13.2 Å². The Hall–Kier alpha value is -2.94. The quantitative estimate of drug-likeness (QED) is 0.177. The molecule has 0 bridgehead atoms. The summed E-state index contributed by atoms with van der Waals surface area (Å²) < 4.78 is 61.0. The summed E-state index contributed by atoms with van der Waals surface area (Å²) in [6, 6.07) is 12.2. The second-order valence-electron chi connectivity index (χ2n) is 11.3. The maximum atomic E-state index is 13.6. The van der Waals surface area contributed by atoms with E-state index in [1.807, 2.05) is 29.8 Å². The molecule has 3 heterocycles. The van der Waals surface area contributed by atoms with E-state index in [1.165, 1.54) is 29.1 Å². The van der Waals surface area contributed by atoms with Gasteiger partial charge in [0.15, 0.2) is 0 Å². The number of nitrogens with zero attached hydrogens (tertiary/aromatic N) is 3. The molecule has 2 aliphatic rings. The van der Waals surface area contributed by atoms with E-state index in [2.05, 4.69) is 29.8 Å². The number of aliphatic carboxylic acids is 1. The Morgan fingerprint density at radius 2 is 1.88 bits per heavy atom. The maximum absolute atomic E-state index is 13.6. The molecule has 3 aromatic heterocycles. The van der Waals surface area contributed by atoms with Gasteiger partial charge >= 0.3 is 12.1 Å². The SMILES string of the molecule is CC(C)CN(Cc1cnc(-c2cc3cccc(N(CC4CC4)S(=O)(=O)c4cccs4)c3[nH]2)s1)C1CC1.O=C(O)C(F)(F)F. The van der Waals surface area contributed by atoms with Gasteiger partial charge in [-0.15, -0.1) is 22.7 Å². The third-order valence-electron chi connectivity index (χ3n) is 7.11. The Morgan fingerprint density at radius 1 is 1.16 bits per heavy atom. The summed E-state index contributed by atoms with van der Waals surface area (Å²) in [5, 5.41) is 10.9. The number of fused-ring (bicyclic) bond motifs is 1. The molecule has 0 saturated heterocycles. The van der Waals surface area contributed by atoms with Crippen LogP contribution in [-0.4, -0.2) is 59.7 Å². The minimum Gasteiger partial charge on any atom is -0.475 e. The lowest BCUT2D eigenvalue weighted by molar-refractivity contribution is -0.192. The van der Waals surface area contributed by atoms with Gasteiger partial charge in [0, 0.05) is 42.1 Å². The largest absolute Gasteiger partial charge is 0.490 e. The minimum absolute atomic E-state index is 0.387. The van der Waals surface area contributed by atoms with Crippen molar-refractivity contribution in [2.24, 2.45) is 11.8 Å². The average molecular weight is 655 g/mol. The number of rotatable bonds is 11. The summed E-state index contributed by atoms with van der Waals surface area (Å²) in [5.41, 5.74) is 2.51. The first kappa shape index (κ1) is 31.5. The van der Waals surface area contributed by atoms with E-state index in [4.69, 9.17) is 14.9 Å². The lowest BCUT2D eigenvalue weighted by Gasteiger charge is -2.24. The number of aromatic nitrogens is 2. The van der Waals surface area contributed by atoms with Crippen LogP contribution in [0.3, 0.4) is 0 Å². The van der Waals surface area contributed by atoms with Gasteiger partial charge in [-0.05, 0) is 61.1 Å². The number of alkyl halides is 3. The van der Waals surface area contributed by atoms with Crippen molar-refractivity contribution < 1.29 is 31.5 Å². The van der Waals surface area contributed by atoms with Gasteiger partial charge in [0.1, 0.15) is 9.22 Å². The second kappa shape index (κ2) is 12.6. The van der Waals surface area contributed by atoms with E-state index < -0.39 is 22.2 Å². The van der Waals surface area contributed by atoms with E-state index in [1.54, 1.807) is 27.8 Å². The van der Waals surface area contributed by atoms with Crippen molar-refractivity contribution in [1.82, 2.24) is 14.9 Å². The minimum atomic E-state index is -5.08. The number of anilines is 1. The van der Waals surface area contributed by atoms with Crippen LogP contribution >= 0.6 is 22.7 Å². The smallest absolute Gasteiger partial charge is 0.475 e. The van der Waals surface area contributed by atoms with Crippen molar-refractivity contribution in [3.8, 4) is 10.7 Å². The van der Waals surface area contributed by atoms with Crippen LogP contribution in [0.25, 0.3) is 21.6 Å². The highest BCUT2D eigenvalue weighted by Crippen LogP contribution is 2.39. The molecule has 0 aliphatic heterocycles. The van der Waals surface area contributed by atoms with Crippen LogP contribution < -0.4 is 4.31 Å². The number of benzene rings is 1. The van der Waals surface area contributed by atoms with Crippen molar-refractivity contribution in [2.45, 2.75) is 62.5 Å².